The molecule has 5 aromatic rings. The van der Waals surface area contributed by atoms with Crippen molar-refractivity contribution in [1.29, 1.82) is 0 Å². The lowest BCUT2D eigenvalue weighted by molar-refractivity contribution is 1.21. The van der Waals surface area contributed by atoms with Gasteiger partial charge in [0.2, 0.25) is 0 Å². The number of hydrogen-bond acceptors (Lipinski definition) is 1. The molecule has 4 aromatic carbocycles. The SMILES string of the molecule is Cc1cccc(-c2cccc3cccc(P(c4ccccc4)c4ccccc4)c23)n1. The molecule has 30 heavy (non-hydrogen) atoms. The van der Waals surface area contributed by atoms with Gasteiger partial charge in [-0.05, 0) is 53.7 Å². The molecule has 144 valence electrons. The van der Waals surface area contributed by atoms with Gasteiger partial charge in [0.15, 0.2) is 0 Å². The average Bonchev–Trinajstić information content (AvgIpc) is 2.80. The van der Waals surface area contributed by atoms with Crippen molar-refractivity contribution in [3.63, 3.8) is 0 Å². The Hall–Kier alpha value is -3.28. The van der Waals surface area contributed by atoms with E-state index in [1.54, 1.807) is 0 Å². The molecular weight excluding hydrogens is 381 g/mol. The average molecular weight is 403 g/mol. The lowest BCUT2D eigenvalue weighted by atomic mass is 10.0. The van der Waals surface area contributed by atoms with E-state index in [4.69, 9.17) is 4.98 Å². The van der Waals surface area contributed by atoms with Gasteiger partial charge in [0.25, 0.3) is 0 Å². The zero-order valence-corrected chi connectivity index (χ0v) is 17.8. The Balaban J connectivity index is 1.83. The van der Waals surface area contributed by atoms with E-state index in [0.29, 0.717) is 0 Å². The van der Waals surface area contributed by atoms with Crippen molar-refractivity contribution in [2.75, 3.05) is 0 Å². The van der Waals surface area contributed by atoms with Crippen molar-refractivity contribution >= 4 is 34.6 Å². The van der Waals surface area contributed by atoms with Crippen LogP contribution in [0, 0.1) is 6.92 Å². The summed E-state index contributed by atoms with van der Waals surface area (Å²) in [5.41, 5.74) is 3.27. The predicted molar refractivity (Wildman–Crippen MR) is 131 cm³/mol. The topological polar surface area (TPSA) is 12.9 Å². The summed E-state index contributed by atoms with van der Waals surface area (Å²) in [7, 11) is -0.688. The van der Waals surface area contributed by atoms with Gasteiger partial charge in [0.05, 0.1) is 5.69 Å². The van der Waals surface area contributed by atoms with Gasteiger partial charge in [-0.25, -0.2) is 0 Å². The van der Waals surface area contributed by atoms with Crippen molar-refractivity contribution in [2.45, 2.75) is 6.92 Å². The van der Waals surface area contributed by atoms with E-state index in [1.165, 1.54) is 32.2 Å². The normalized spacial score (nSPS) is 11.1. The van der Waals surface area contributed by atoms with E-state index in [9.17, 15) is 0 Å². The summed E-state index contributed by atoms with van der Waals surface area (Å²) in [6.45, 7) is 2.05. The second kappa shape index (κ2) is 8.22. The lowest BCUT2D eigenvalue weighted by Crippen LogP contribution is -2.21. The maximum absolute atomic E-state index is 4.85. The van der Waals surface area contributed by atoms with E-state index in [2.05, 4.69) is 122 Å². The second-order valence-corrected chi connectivity index (χ2v) is 9.54. The minimum atomic E-state index is -0.688. The first-order chi connectivity index (χ1) is 14.8. The number of rotatable bonds is 4. The molecular formula is C28H22NP. The third-order valence-electron chi connectivity index (χ3n) is 5.32. The van der Waals surface area contributed by atoms with Gasteiger partial charge in [-0.1, -0.05) is 103 Å². The molecule has 5 rings (SSSR count). The van der Waals surface area contributed by atoms with E-state index in [1.807, 2.05) is 0 Å². The quantitative estimate of drug-likeness (QED) is 0.337. The van der Waals surface area contributed by atoms with Crippen LogP contribution in [0.2, 0.25) is 0 Å². The number of fused-ring (bicyclic) bond motifs is 1. The standard InChI is InChI=1S/C28H22NP/c1-21-11-8-19-26(29-21)25-18-9-12-22-13-10-20-27(28(22)25)30(23-14-4-2-5-15-23)24-16-6-3-7-17-24/h2-20H,1H3. The van der Waals surface area contributed by atoms with Gasteiger partial charge in [0, 0.05) is 11.3 Å². The summed E-state index contributed by atoms with van der Waals surface area (Å²) < 4.78 is 0. The smallest absolute Gasteiger partial charge is 0.0711 e. The van der Waals surface area contributed by atoms with Crippen LogP contribution in [0.4, 0.5) is 0 Å². The van der Waals surface area contributed by atoms with Gasteiger partial charge in [-0.3, -0.25) is 4.98 Å². The number of hydrogen-bond donors (Lipinski definition) is 0. The first-order valence-electron chi connectivity index (χ1n) is 10.2. The Morgan fingerprint density at radius 3 is 1.80 bits per heavy atom. The summed E-state index contributed by atoms with van der Waals surface area (Å²) in [4.78, 5) is 4.85. The predicted octanol–water partition coefficient (Wildman–Crippen LogP) is 5.97. The minimum Gasteiger partial charge on any atom is -0.253 e. The number of nitrogens with zero attached hydrogens (tertiary/aromatic N) is 1. The van der Waals surface area contributed by atoms with Crippen LogP contribution in [0.5, 0.6) is 0 Å². The van der Waals surface area contributed by atoms with E-state index < -0.39 is 7.92 Å². The largest absolute Gasteiger partial charge is 0.253 e. The Labute approximate surface area is 178 Å². The molecule has 0 aliphatic carbocycles. The number of aromatic nitrogens is 1. The summed E-state index contributed by atoms with van der Waals surface area (Å²) in [6, 6.07) is 41.3. The van der Waals surface area contributed by atoms with Crippen LogP contribution in [-0.2, 0) is 0 Å². The summed E-state index contributed by atoms with van der Waals surface area (Å²) in [6.07, 6.45) is 0. The molecule has 0 unspecified atom stereocenters. The molecule has 0 fully saturated rings. The maximum atomic E-state index is 4.85. The lowest BCUT2D eigenvalue weighted by Gasteiger charge is -2.22. The molecule has 1 nitrogen and oxygen atoms in total. The third kappa shape index (κ3) is 3.54. The second-order valence-electron chi connectivity index (χ2n) is 7.35. The molecule has 1 aromatic heterocycles. The summed E-state index contributed by atoms with van der Waals surface area (Å²) in [5.74, 6) is 0. The highest BCUT2D eigenvalue weighted by atomic mass is 31.1. The Bertz CT molecular complexity index is 1250. The molecule has 0 atom stereocenters. The van der Waals surface area contributed by atoms with Crippen LogP contribution in [0.15, 0.2) is 115 Å². The first-order valence-corrected chi connectivity index (χ1v) is 11.5. The van der Waals surface area contributed by atoms with Gasteiger partial charge >= 0.3 is 0 Å². The van der Waals surface area contributed by atoms with Crippen molar-refractivity contribution in [2.24, 2.45) is 0 Å². The van der Waals surface area contributed by atoms with Gasteiger partial charge in [0.1, 0.15) is 0 Å². The highest BCUT2D eigenvalue weighted by Gasteiger charge is 2.20. The monoisotopic (exact) mass is 403 g/mol. The molecule has 0 aliphatic rings. The van der Waals surface area contributed by atoms with Crippen LogP contribution in [-0.4, -0.2) is 4.98 Å². The van der Waals surface area contributed by atoms with Crippen molar-refractivity contribution < 1.29 is 0 Å². The fourth-order valence-electron chi connectivity index (χ4n) is 4.00. The highest BCUT2D eigenvalue weighted by Crippen LogP contribution is 2.38. The molecule has 0 saturated heterocycles. The van der Waals surface area contributed by atoms with Crippen LogP contribution in [0.25, 0.3) is 22.0 Å². The number of pyridine rings is 1. The molecule has 0 N–H and O–H groups in total. The van der Waals surface area contributed by atoms with E-state index in [-0.39, 0.29) is 0 Å². The van der Waals surface area contributed by atoms with Crippen molar-refractivity contribution in [3.05, 3.63) is 121 Å². The van der Waals surface area contributed by atoms with Crippen LogP contribution >= 0.6 is 7.92 Å². The fraction of sp³-hybridized carbons (Fsp3) is 0.0357. The number of aryl methyl sites for hydroxylation is 1. The van der Waals surface area contributed by atoms with Crippen LogP contribution < -0.4 is 15.9 Å². The zero-order chi connectivity index (χ0) is 20.3. The molecule has 0 amide bonds. The zero-order valence-electron chi connectivity index (χ0n) is 16.9. The molecule has 0 saturated carbocycles. The molecule has 0 bridgehead atoms. The van der Waals surface area contributed by atoms with Gasteiger partial charge in [-0.2, -0.15) is 0 Å². The third-order valence-corrected chi connectivity index (χ3v) is 7.80. The Kier molecular flexibility index (Phi) is 5.13. The minimum absolute atomic E-state index is 0.688. The van der Waals surface area contributed by atoms with E-state index >= 15 is 0 Å². The van der Waals surface area contributed by atoms with Crippen molar-refractivity contribution in [1.82, 2.24) is 4.98 Å². The highest BCUT2D eigenvalue weighted by molar-refractivity contribution is 7.80. The summed E-state index contributed by atoms with van der Waals surface area (Å²) >= 11 is 0. The molecule has 2 heteroatoms. The van der Waals surface area contributed by atoms with Gasteiger partial charge < -0.3 is 0 Å². The van der Waals surface area contributed by atoms with Crippen LogP contribution in [0.3, 0.4) is 0 Å². The van der Waals surface area contributed by atoms with Crippen LogP contribution in [0.1, 0.15) is 5.69 Å². The Morgan fingerprint density at radius 1 is 0.567 bits per heavy atom. The van der Waals surface area contributed by atoms with Gasteiger partial charge in [-0.15, -0.1) is 0 Å². The van der Waals surface area contributed by atoms with Crippen molar-refractivity contribution in [3.8, 4) is 11.3 Å². The maximum Gasteiger partial charge on any atom is 0.0711 e. The summed E-state index contributed by atoms with van der Waals surface area (Å²) in [5, 5.41) is 6.65. The molecule has 0 aliphatic heterocycles. The number of benzene rings is 4. The molecule has 0 radical (unpaired) electrons. The first kappa shape index (κ1) is 18.7. The Morgan fingerprint density at radius 2 is 1.17 bits per heavy atom. The molecule has 1 heterocycles. The molecule has 0 spiro atoms. The fourth-order valence-corrected chi connectivity index (χ4v) is 6.50. The van der Waals surface area contributed by atoms with E-state index in [0.717, 1.165) is 11.4 Å².